The van der Waals surface area contributed by atoms with E-state index >= 15 is 0 Å². The van der Waals surface area contributed by atoms with Crippen LogP contribution < -0.4 is 5.32 Å². The fourth-order valence-electron chi connectivity index (χ4n) is 3.22. The Labute approximate surface area is 142 Å². The molecular formula is C18H25N3OS. The average molecular weight is 331 g/mol. The van der Waals surface area contributed by atoms with Gasteiger partial charge in [0.1, 0.15) is 0 Å². The molecule has 5 heteroatoms. The summed E-state index contributed by atoms with van der Waals surface area (Å²) in [5.74, 6) is 0.785. The van der Waals surface area contributed by atoms with E-state index in [1.165, 1.54) is 43.9 Å². The number of para-hydroxylation sites is 2. The molecule has 1 aromatic carbocycles. The zero-order chi connectivity index (χ0) is 16.2. The molecule has 23 heavy (non-hydrogen) atoms. The highest BCUT2D eigenvalue weighted by Crippen LogP contribution is 2.27. The Balaban J connectivity index is 1.57. The second-order valence-corrected chi connectivity index (χ2v) is 7.76. The maximum Gasteiger partial charge on any atom is 0.233 e. The van der Waals surface area contributed by atoms with Crippen molar-refractivity contribution in [3.05, 3.63) is 24.3 Å². The van der Waals surface area contributed by atoms with Gasteiger partial charge in [0.05, 0.1) is 16.3 Å². The maximum atomic E-state index is 12.3. The summed E-state index contributed by atoms with van der Waals surface area (Å²) in [6, 6.07) is 8.07. The van der Waals surface area contributed by atoms with E-state index in [1.54, 1.807) is 0 Å². The summed E-state index contributed by atoms with van der Waals surface area (Å²) in [4.78, 5) is 17.0. The van der Waals surface area contributed by atoms with Crippen LogP contribution in [-0.4, -0.2) is 27.3 Å². The van der Waals surface area contributed by atoms with Gasteiger partial charge in [0.25, 0.3) is 0 Å². The molecule has 2 aromatic rings. The molecule has 4 nitrogen and oxygen atoms in total. The molecule has 124 valence electrons. The highest BCUT2D eigenvalue weighted by atomic mass is 32.2. The third-order valence-corrected chi connectivity index (χ3v) is 5.83. The van der Waals surface area contributed by atoms with Crippen molar-refractivity contribution in [2.45, 2.75) is 49.4 Å². The lowest BCUT2D eigenvalue weighted by molar-refractivity contribution is -0.120. The van der Waals surface area contributed by atoms with E-state index in [4.69, 9.17) is 0 Å². The van der Waals surface area contributed by atoms with E-state index in [9.17, 15) is 4.79 Å². The second kappa shape index (κ2) is 7.39. The Bertz CT molecular complexity index is 676. The van der Waals surface area contributed by atoms with Gasteiger partial charge in [-0.2, -0.15) is 0 Å². The summed E-state index contributed by atoms with van der Waals surface area (Å²) in [7, 11) is 2.00. The van der Waals surface area contributed by atoms with E-state index in [0.717, 1.165) is 22.7 Å². The first-order valence-electron chi connectivity index (χ1n) is 8.51. The van der Waals surface area contributed by atoms with Gasteiger partial charge in [-0.05, 0) is 37.8 Å². The molecular weight excluding hydrogens is 306 g/mol. The van der Waals surface area contributed by atoms with Gasteiger partial charge in [0.15, 0.2) is 5.16 Å². The summed E-state index contributed by atoms with van der Waals surface area (Å²) < 4.78 is 2.06. The molecule has 1 saturated carbocycles. The van der Waals surface area contributed by atoms with Gasteiger partial charge in [0, 0.05) is 13.6 Å². The molecule has 1 aliphatic rings. The molecule has 0 aliphatic heterocycles. The van der Waals surface area contributed by atoms with Crippen LogP contribution in [0.2, 0.25) is 0 Å². The molecule has 0 spiro atoms. The predicted octanol–water partition coefficient (Wildman–Crippen LogP) is 3.75. The minimum atomic E-state index is -0.130. The van der Waals surface area contributed by atoms with Gasteiger partial charge < -0.3 is 9.88 Å². The number of fused-ring (bicyclic) bond motifs is 1. The largest absolute Gasteiger partial charge is 0.355 e. The average Bonchev–Trinajstić information content (AvgIpc) is 2.90. The van der Waals surface area contributed by atoms with Gasteiger partial charge in [-0.25, -0.2) is 4.98 Å². The van der Waals surface area contributed by atoms with Crippen molar-refractivity contribution in [1.82, 2.24) is 14.9 Å². The van der Waals surface area contributed by atoms with Crippen LogP contribution in [0.15, 0.2) is 29.4 Å². The quantitative estimate of drug-likeness (QED) is 0.849. The number of amides is 1. The molecule has 1 heterocycles. The fraction of sp³-hybridized carbons (Fsp3) is 0.556. The van der Waals surface area contributed by atoms with E-state index in [1.807, 2.05) is 32.2 Å². The van der Waals surface area contributed by atoms with Crippen molar-refractivity contribution in [2.75, 3.05) is 6.54 Å². The number of nitrogens with zero attached hydrogens (tertiary/aromatic N) is 2. The van der Waals surface area contributed by atoms with Crippen LogP contribution >= 0.6 is 11.8 Å². The van der Waals surface area contributed by atoms with Crippen molar-refractivity contribution in [1.29, 1.82) is 0 Å². The monoisotopic (exact) mass is 331 g/mol. The topological polar surface area (TPSA) is 46.9 Å². The highest BCUT2D eigenvalue weighted by Gasteiger charge is 2.20. The van der Waals surface area contributed by atoms with Gasteiger partial charge in [-0.3, -0.25) is 4.79 Å². The van der Waals surface area contributed by atoms with Crippen molar-refractivity contribution >= 4 is 28.7 Å². The molecule has 1 aromatic heterocycles. The number of carbonyl (C=O) groups excluding carboxylic acids is 1. The van der Waals surface area contributed by atoms with Crippen molar-refractivity contribution in [2.24, 2.45) is 13.0 Å². The molecule has 1 fully saturated rings. The Morgan fingerprint density at radius 1 is 1.35 bits per heavy atom. The van der Waals surface area contributed by atoms with Crippen LogP contribution in [-0.2, 0) is 11.8 Å². The first kappa shape index (κ1) is 16.4. The maximum absolute atomic E-state index is 12.3. The van der Waals surface area contributed by atoms with Crippen LogP contribution in [0, 0.1) is 5.92 Å². The normalized spacial score (nSPS) is 17.3. The number of aryl methyl sites for hydroxylation is 1. The number of imidazole rings is 1. The number of thioether (sulfide) groups is 1. The van der Waals surface area contributed by atoms with Crippen molar-refractivity contribution in [3.63, 3.8) is 0 Å². The Hall–Kier alpha value is -1.49. The molecule has 0 radical (unpaired) electrons. The lowest BCUT2D eigenvalue weighted by Gasteiger charge is -2.22. The molecule has 0 unspecified atom stereocenters. The summed E-state index contributed by atoms with van der Waals surface area (Å²) in [5, 5.41) is 3.89. The van der Waals surface area contributed by atoms with Crippen LogP contribution in [0.5, 0.6) is 0 Å². The second-order valence-electron chi connectivity index (χ2n) is 6.45. The summed E-state index contributed by atoms with van der Waals surface area (Å²) >= 11 is 1.53. The summed E-state index contributed by atoms with van der Waals surface area (Å²) in [6.07, 6.45) is 6.48. The number of carbonyl (C=O) groups is 1. The zero-order valence-electron chi connectivity index (χ0n) is 13.9. The smallest absolute Gasteiger partial charge is 0.233 e. The van der Waals surface area contributed by atoms with Gasteiger partial charge >= 0.3 is 0 Å². The lowest BCUT2D eigenvalue weighted by Crippen LogP contribution is -2.35. The predicted molar refractivity (Wildman–Crippen MR) is 95.6 cm³/mol. The number of aromatic nitrogens is 2. The number of nitrogens with one attached hydrogen (secondary N) is 1. The van der Waals surface area contributed by atoms with E-state index < -0.39 is 0 Å². The standard InChI is InChI=1S/C18H25N3OS/c1-13(17(22)19-12-14-8-4-3-5-9-14)23-18-20-15-10-6-7-11-16(15)21(18)2/h6-7,10-11,13-14H,3-5,8-9,12H2,1-2H3,(H,19,22)/t13-/m1/s1. The molecule has 1 N–H and O–H groups in total. The van der Waals surface area contributed by atoms with Gasteiger partial charge in [-0.1, -0.05) is 43.2 Å². The number of hydrogen-bond donors (Lipinski definition) is 1. The Morgan fingerprint density at radius 3 is 2.83 bits per heavy atom. The minimum absolute atomic E-state index is 0.118. The number of benzene rings is 1. The van der Waals surface area contributed by atoms with Gasteiger partial charge in [0.2, 0.25) is 5.91 Å². The van der Waals surface area contributed by atoms with E-state index in [-0.39, 0.29) is 11.2 Å². The fourth-order valence-corrected chi connectivity index (χ4v) is 4.13. The van der Waals surface area contributed by atoms with Crippen LogP contribution in [0.1, 0.15) is 39.0 Å². The molecule has 1 aliphatic carbocycles. The minimum Gasteiger partial charge on any atom is -0.355 e. The Kier molecular flexibility index (Phi) is 5.26. The molecule has 0 bridgehead atoms. The van der Waals surface area contributed by atoms with Gasteiger partial charge in [-0.15, -0.1) is 0 Å². The van der Waals surface area contributed by atoms with Crippen LogP contribution in [0.3, 0.4) is 0 Å². The Morgan fingerprint density at radius 2 is 2.09 bits per heavy atom. The van der Waals surface area contributed by atoms with Crippen LogP contribution in [0.4, 0.5) is 0 Å². The SMILES string of the molecule is C[C@@H](Sc1nc2ccccc2n1C)C(=O)NCC1CCCCC1. The van der Waals surface area contributed by atoms with Crippen LogP contribution in [0.25, 0.3) is 11.0 Å². The molecule has 3 rings (SSSR count). The third kappa shape index (κ3) is 3.89. The zero-order valence-corrected chi connectivity index (χ0v) is 14.7. The molecule has 0 saturated heterocycles. The van der Waals surface area contributed by atoms with E-state index in [0.29, 0.717) is 5.92 Å². The van der Waals surface area contributed by atoms with Crippen molar-refractivity contribution < 1.29 is 4.79 Å². The summed E-state index contributed by atoms with van der Waals surface area (Å²) in [5.41, 5.74) is 2.08. The lowest BCUT2D eigenvalue weighted by atomic mass is 9.89. The number of rotatable bonds is 5. The molecule has 1 atom stereocenters. The van der Waals surface area contributed by atoms with E-state index in [2.05, 4.69) is 20.9 Å². The first-order valence-corrected chi connectivity index (χ1v) is 9.39. The number of hydrogen-bond acceptors (Lipinski definition) is 3. The molecule has 1 amide bonds. The van der Waals surface area contributed by atoms with Crippen molar-refractivity contribution in [3.8, 4) is 0 Å². The highest BCUT2D eigenvalue weighted by molar-refractivity contribution is 8.00. The summed E-state index contributed by atoms with van der Waals surface area (Å²) in [6.45, 7) is 2.78. The first-order chi connectivity index (χ1) is 11.1. The third-order valence-electron chi connectivity index (χ3n) is 4.69.